The summed E-state index contributed by atoms with van der Waals surface area (Å²) in [5.74, 6) is 0. The van der Waals surface area contributed by atoms with Crippen LogP contribution >= 0.6 is 46.4 Å². The third-order valence-corrected chi connectivity index (χ3v) is 5.47. The van der Waals surface area contributed by atoms with E-state index in [2.05, 4.69) is 22.4 Å². The van der Waals surface area contributed by atoms with Gasteiger partial charge in [0.05, 0.1) is 0 Å². The summed E-state index contributed by atoms with van der Waals surface area (Å²) in [4.78, 5) is 0. The van der Waals surface area contributed by atoms with E-state index >= 15 is 0 Å². The second-order valence-electron chi connectivity index (χ2n) is 6.75. The van der Waals surface area contributed by atoms with Crippen molar-refractivity contribution < 1.29 is 76.1 Å². The van der Waals surface area contributed by atoms with Crippen molar-refractivity contribution in [3.05, 3.63) is 139 Å². The summed E-state index contributed by atoms with van der Waals surface area (Å²) in [6.45, 7) is 0. The molecule has 0 amide bonds. The smallest absolute Gasteiger partial charge is 1.00 e. The van der Waals surface area contributed by atoms with Gasteiger partial charge in [0.2, 0.25) is 0 Å². The van der Waals surface area contributed by atoms with Gasteiger partial charge >= 0.3 is 40.8 Å². The Kier molecular flexibility index (Phi) is 20.4. The number of nitrogens with zero attached hydrogens (tertiary/aromatic N) is 2. The van der Waals surface area contributed by atoms with Crippen LogP contribution in [0.15, 0.2) is 95.2 Å². The first-order valence-electron chi connectivity index (χ1n) is 9.72. The molecule has 2 N–H and O–H groups in total. The molecule has 204 valence electrons. The Balaban J connectivity index is 0. The molecule has 12 heteroatoms. The van der Waals surface area contributed by atoms with Crippen LogP contribution in [0.5, 0.6) is 0 Å². The predicted octanol–water partition coefficient (Wildman–Crippen LogP) is 2.04. The van der Waals surface area contributed by atoms with Gasteiger partial charge in [0.15, 0.2) is 0 Å². The van der Waals surface area contributed by atoms with Gasteiger partial charge in [0.25, 0.3) is 0 Å². The van der Waals surface area contributed by atoms with E-state index in [4.69, 9.17) is 56.8 Å². The summed E-state index contributed by atoms with van der Waals surface area (Å²) in [7, 11) is 0. The fraction of sp³-hybridized carbons (Fsp3) is 0. The van der Waals surface area contributed by atoms with E-state index in [1.807, 2.05) is 0 Å². The number of benzene rings is 4. The van der Waals surface area contributed by atoms with Crippen molar-refractivity contribution in [1.82, 2.24) is 0 Å². The van der Waals surface area contributed by atoms with Crippen molar-refractivity contribution >= 4 is 57.8 Å². The van der Waals surface area contributed by atoms with Crippen molar-refractivity contribution in [2.24, 2.45) is 10.3 Å². The standard InChI is InChI=1S/2C13H8Cl2NO.2ClH.2Pd/c2*14-11-5-1-9(2-6-11)13(16-17)10-3-7-12(15)8-4-10;;;;/h2*1-3,5-8,17H;2*1H;;/q2*-1;;;2*+2/p-2/b2*16-13+;;;;. The van der Waals surface area contributed by atoms with E-state index in [9.17, 15) is 0 Å². The second kappa shape index (κ2) is 19.9. The molecule has 0 heterocycles. The van der Waals surface area contributed by atoms with Gasteiger partial charge in [-0.2, -0.15) is 0 Å². The molecule has 0 saturated heterocycles. The largest absolute Gasteiger partial charge is 2.00 e. The molecule has 4 rings (SSSR count). The molecule has 0 fully saturated rings. The number of hydrogen-bond donors (Lipinski definition) is 2. The molecule has 0 saturated carbocycles. The summed E-state index contributed by atoms with van der Waals surface area (Å²) in [6.07, 6.45) is 0. The SMILES string of the molecule is O/N=C(/c1[c-]cc(Cl)cc1)c1ccc(Cl)cc1.O/N=C(/c1[c-]cc(Cl)cc1)c1ccc(Cl)cc1.[Cl-].[Cl-].[Pd+2].[Pd+2]. The zero-order chi connectivity index (χ0) is 24.5. The van der Waals surface area contributed by atoms with Gasteiger partial charge in [-0.3, -0.25) is 0 Å². The maximum Gasteiger partial charge on any atom is 2.00 e. The molecule has 0 aliphatic carbocycles. The van der Waals surface area contributed by atoms with Gasteiger partial charge in [-0.05, 0) is 45.4 Å². The summed E-state index contributed by atoms with van der Waals surface area (Å²) >= 11 is 23.1. The maximum atomic E-state index is 9.07. The average molecular weight is 814 g/mol. The average Bonchev–Trinajstić information content (AvgIpc) is 2.85. The quantitative estimate of drug-likeness (QED) is 0.109. The minimum Gasteiger partial charge on any atom is -1.00 e. The van der Waals surface area contributed by atoms with E-state index in [0.29, 0.717) is 42.6 Å². The third-order valence-electron chi connectivity index (χ3n) is 4.50. The molecule has 0 spiro atoms. The molecule has 38 heavy (non-hydrogen) atoms. The fourth-order valence-corrected chi connectivity index (χ4v) is 3.34. The van der Waals surface area contributed by atoms with Gasteiger partial charge in [0.1, 0.15) is 0 Å². The molecule has 0 bridgehead atoms. The minimum absolute atomic E-state index is 0. The van der Waals surface area contributed by atoms with Crippen LogP contribution in [0.4, 0.5) is 0 Å². The molecule has 0 radical (unpaired) electrons. The van der Waals surface area contributed by atoms with E-state index in [1.54, 1.807) is 84.9 Å². The summed E-state index contributed by atoms with van der Waals surface area (Å²) in [5, 5.41) is 27.2. The first-order chi connectivity index (χ1) is 16.4. The zero-order valence-corrected chi connectivity index (χ0v) is 26.4. The van der Waals surface area contributed by atoms with E-state index < -0.39 is 0 Å². The fourth-order valence-electron chi connectivity index (χ4n) is 2.86. The van der Waals surface area contributed by atoms with Gasteiger partial charge in [0, 0.05) is 21.5 Å². The monoisotopic (exact) mass is 810 g/mol. The molecule has 0 aliphatic rings. The Labute approximate surface area is 281 Å². The molecular weight excluding hydrogens is 798 g/mol. The Morgan fingerprint density at radius 2 is 0.789 bits per heavy atom. The predicted molar refractivity (Wildman–Crippen MR) is 138 cm³/mol. The van der Waals surface area contributed by atoms with Crippen LogP contribution in [0.1, 0.15) is 22.3 Å². The number of hydrogen-bond acceptors (Lipinski definition) is 4. The van der Waals surface area contributed by atoms with Crippen LogP contribution in [0.25, 0.3) is 0 Å². The maximum absolute atomic E-state index is 9.07. The number of halogens is 6. The Bertz CT molecular complexity index is 1090. The minimum atomic E-state index is 0. The van der Waals surface area contributed by atoms with Gasteiger partial charge in [-0.1, -0.05) is 47.5 Å². The molecule has 0 aromatic heterocycles. The Morgan fingerprint density at radius 1 is 0.500 bits per heavy atom. The molecule has 4 aromatic carbocycles. The van der Waals surface area contributed by atoms with Crippen molar-refractivity contribution in [2.45, 2.75) is 0 Å². The van der Waals surface area contributed by atoms with Crippen LogP contribution in [0, 0.1) is 12.1 Å². The first-order valence-corrected chi connectivity index (χ1v) is 11.2. The second-order valence-corrected chi connectivity index (χ2v) is 8.50. The van der Waals surface area contributed by atoms with Crippen molar-refractivity contribution in [1.29, 1.82) is 0 Å². The molecular formula is C26H16Cl6N2O2Pd2. The molecule has 0 unspecified atom stereocenters. The summed E-state index contributed by atoms with van der Waals surface area (Å²) < 4.78 is 0. The van der Waals surface area contributed by atoms with Crippen LogP contribution in [0.2, 0.25) is 20.1 Å². The Morgan fingerprint density at radius 3 is 1.03 bits per heavy atom. The van der Waals surface area contributed by atoms with Gasteiger partial charge < -0.3 is 35.2 Å². The molecule has 0 aliphatic heterocycles. The van der Waals surface area contributed by atoms with Crippen LogP contribution in [-0.4, -0.2) is 21.8 Å². The van der Waals surface area contributed by atoms with Crippen LogP contribution < -0.4 is 24.8 Å². The number of rotatable bonds is 4. The number of oxime groups is 2. The topological polar surface area (TPSA) is 65.2 Å². The van der Waals surface area contributed by atoms with E-state index in [0.717, 1.165) is 11.1 Å². The third kappa shape index (κ3) is 11.6. The van der Waals surface area contributed by atoms with E-state index in [-0.39, 0.29) is 65.7 Å². The first kappa shape index (κ1) is 39.0. The van der Waals surface area contributed by atoms with Crippen molar-refractivity contribution in [3.8, 4) is 0 Å². The zero-order valence-electron chi connectivity index (χ0n) is 18.8. The van der Waals surface area contributed by atoms with Crippen molar-refractivity contribution in [2.75, 3.05) is 0 Å². The molecule has 4 aromatic rings. The summed E-state index contributed by atoms with van der Waals surface area (Å²) in [5.41, 5.74) is 3.71. The van der Waals surface area contributed by atoms with Crippen LogP contribution in [-0.2, 0) is 40.8 Å². The van der Waals surface area contributed by atoms with Gasteiger partial charge in [-0.15, -0.1) is 93.2 Å². The molecule has 0 atom stereocenters. The summed E-state index contributed by atoms with van der Waals surface area (Å²) in [6, 6.07) is 30.1. The van der Waals surface area contributed by atoms with Crippen molar-refractivity contribution in [3.63, 3.8) is 0 Å². The Hall–Kier alpha value is -1.12. The molecule has 4 nitrogen and oxygen atoms in total. The normalized spacial score (nSPS) is 10.3. The van der Waals surface area contributed by atoms with Gasteiger partial charge in [-0.25, -0.2) is 0 Å². The van der Waals surface area contributed by atoms with Crippen LogP contribution in [0.3, 0.4) is 0 Å². The van der Waals surface area contributed by atoms with E-state index in [1.165, 1.54) is 0 Å².